The molecule has 5 heteroatoms. The molecule has 0 aliphatic heterocycles. The summed E-state index contributed by atoms with van der Waals surface area (Å²) in [5.41, 5.74) is 8.58. The van der Waals surface area contributed by atoms with Gasteiger partial charge in [-0.25, -0.2) is 0 Å². The molecule has 104 valence electrons. The normalized spacial score (nSPS) is 10.3. The van der Waals surface area contributed by atoms with Crippen LogP contribution >= 0.6 is 0 Å². The number of hydrogen-bond donors (Lipinski definition) is 3. The van der Waals surface area contributed by atoms with E-state index in [1.165, 1.54) is 12.3 Å². The molecule has 20 heavy (non-hydrogen) atoms. The summed E-state index contributed by atoms with van der Waals surface area (Å²) >= 11 is 0. The number of pyridine rings is 1. The molecule has 1 aromatic heterocycles. The van der Waals surface area contributed by atoms with Gasteiger partial charge in [0.1, 0.15) is 5.56 Å². The molecular formula is C15H17N3O2. The van der Waals surface area contributed by atoms with E-state index < -0.39 is 5.91 Å². The van der Waals surface area contributed by atoms with Gasteiger partial charge in [0.2, 0.25) is 0 Å². The number of nitrogen functional groups attached to an aromatic ring is 1. The predicted molar refractivity (Wildman–Crippen MR) is 80.0 cm³/mol. The van der Waals surface area contributed by atoms with Crippen molar-refractivity contribution in [2.75, 3.05) is 11.1 Å². The van der Waals surface area contributed by atoms with Gasteiger partial charge in [-0.15, -0.1) is 0 Å². The number of aryl methyl sites for hydroxylation is 2. The number of rotatable bonds is 3. The first-order valence-corrected chi connectivity index (χ1v) is 6.40. The number of aromatic nitrogens is 1. The summed E-state index contributed by atoms with van der Waals surface area (Å²) in [7, 11) is 0. The van der Waals surface area contributed by atoms with Crippen molar-refractivity contribution in [1.82, 2.24) is 4.98 Å². The molecule has 0 atom stereocenters. The van der Waals surface area contributed by atoms with Crippen LogP contribution in [0.2, 0.25) is 0 Å². The van der Waals surface area contributed by atoms with Gasteiger partial charge >= 0.3 is 0 Å². The van der Waals surface area contributed by atoms with Crippen molar-refractivity contribution in [1.29, 1.82) is 0 Å². The third-order valence-electron chi connectivity index (χ3n) is 3.09. The van der Waals surface area contributed by atoms with E-state index in [1.807, 2.05) is 13.0 Å². The molecule has 2 aromatic rings. The maximum Gasteiger partial charge on any atom is 0.261 e. The zero-order chi connectivity index (χ0) is 14.7. The number of amides is 1. The Hall–Kier alpha value is -2.56. The lowest BCUT2D eigenvalue weighted by Gasteiger charge is -2.08. The molecule has 5 nitrogen and oxygen atoms in total. The quantitative estimate of drug-likeness (QED) is 0.747. The van der Waals surface area contributed by atoms with Crippen molar-refractivity contribution in [3.63, 3.8) is 0 Å². The second-order valence-corrected chi connectivity index (χ2v) is 4.62. The number of nitrogens with two attached hydrogens (primary N) is 1. The lowest BCUT2D eigenvalue weighted by molar-refractivity contribution is 0.102. The van der Waals surface area contributed by atoms with Gasteiger partial charge in [0.15, 0.2) is 5.43 Å². The average Bonchev–Trinajstić information content (AvgIpc) is 2.38. The highest BCUT2D eigenvalue weighted by Crippen LogP contribution is 2.18. The third-order valence-corrected chi connectivity index (χ3v) is 3.09. The van der Waals surface area contributed by atoms with Crippen molar-refractivity contribution in [2.45, 2.75) is 20.3 Å². The van der Waals surface area contributed by atoms with Crippen molar-refractivity contribution in [3.05, 3.63) is 57.5 Å². The van der Waals surface area contributed by atoms with Gasteiger partial charge < -0.3 is 16.0 Å². The smallest absolute Gasteiger partial charge is 0.261 e. The molecular weight excluding hydrogens is 254 g/mol. The first-order valence-electron chi connectivity index (χ1n) is 6.40. The van der Waals surface area contributed by atoms with Crippen LogP contribution in [0.25, 0.3) is 0 Å². The molecule has 0 aliphatic rings. The van der Waals surface area contributed by atoms with Crippen LogP contribution in [0.5, 0.6) is 0 Å². The van der Waals surface area contributed by atoms with Crippen LogP contribution in [-0.2, 0) is 6.42 Å². The Balaban J connectivity index is 2.23. The second-order valence-electron chi connectivity index (χ2n) is 4.62. The van der Waals surface area contributed by atoms with Gasteiger partial charge in [-0.05, 0) is 31.0 Å². The molecule has 0 fully saturated rings. The summed E-state index contributed by atoms with van der Waals surface area (Å²) in [6.07, 6.45) is 2.24. The molecule has 1 heterocycles. The minimum Gasteiger partial charge on any atom is -0.398 e. The average molecular weight is 271 g/mol. The molecule has 1 amide bonds. The summed E-state index contributed by atoms with van der Waals surface area (Å²) in [4.78, 5) is 26.6. The standard InChI is InChI=1S/C15H17N3O2/c1-3-10-4-5-11(7-13(10)16)18-15(20)12-8-17-9(2)6-14(12)19/h4-8H,3,16H2,1-2H3,(H,17,19)(H,18,20). The summed E-state index contributed by atoms with van der Waals surface area (Å²) in [6, 6.07) is 6.72. The van der Waals surface area contributed by atoms with E-state index in [-0.39, 0.29) is 11.0 Å². The molecule has 0 radical (unpaired) electrons. The van der Waals surface area contributed by atoms with E-state index in [9.17, 15) is 9.59 Å². The number of benzene rings is 1. The van der Waals surface area contributed by atoms with E-state index in [0.717, 1.165) is 12.0 Å². The lowest BCUT2D eigenvalue weighted by atomic mass is 10.1. The van der Waals surface area contributed by atoms with Crippen molar-refractivity contribution >= 4 is 17.3 Å². The highest BCUT2D eigenvalue weighted by Gasteiger charge is 2.11. The third kappa shape index (κ3) is 2.88. The fourth-order valence-corrected chi connectivity index (χ4v) is 1.94. The summed E-state index contributed by atoms with van der Waals surface area (Å²) in [6.45, 7) is 3.77. The van der Waals surface area contributed by atoms with Gasteiger partial charge in [-0.2, -0.15) is 0 Å². The molecule has 0 spiro atoms. The summed E-state index contributed by atoms with van der Waals surface area (Å²) in [5.74, 6) is -0.449. The SMILES string of the molecule is CCc1ccc(NC(=O)c2c[nH]c(C)cc2=O)cc1N. The first kappa shape index (κ1) is 13.9. The van der Waals surface area contributed by atoms with Gasteiger partial charge in [0.05, 0.1) is 0 Å². The van der Waals surface area contributed by atoms with E-state index in [0.29, 0.717) is 17.1 Å². The highest BCUT2D eigenvalue weighted by atomic mass is 16.2. The molecule has 0 saturated carbocycles. The molecule has 0 saturated heterocycles. The van der Waals surface area contributed by atoms with Crippen LogP contribution in [0.4, 0.5) is 11.4 Å². The van der Waals surface area contributed by atoms with Crippen LogP contribution in [0.1, 0.15) is 28.5 Å². The minimum atomic E-state index is -0.449. The number of carbonyl (C=O) groups excluding carboxylic acids is 1. The highest BCUT2D eigenvalue weighted by molar-refractivity contribution is 6.04. The second kappa shape index (κ2) is 5.61. The van der Waals surface area contributed by atoms with E-state index in [1.54, 1.807) is 19.1 Å². The Labute approximate surface area is 116 Å². The van der Waals surface area contributed by atoms with Crippen LogP contribution in [0.3, 0.4) is 0 Å². The van der Waals surface area contributed by atoms with Crippen molar-refractivity contribution in [2.24, 2.45) is 0 Å². The van der Waals surface area contributed by atoms with Gasteiger partial charge in [-0.1, -0.05) is 13.0 Å². The zero-order valence-electron chi connectivity index (χ0n) is 11.5. The Bertz CT molecular complexity index is 705. The van der Waals surface area contributed by atoms with Gasteiger partial charge in [0.25, 0.3) is 5.91 Å². The van der Waals surface area contributed by atoms with Crippen molar-refractivity contribution in [3.8, 4) is 0 Å². The molecule has 4 N–H and O–H groups in total. The maximum absolute atomic E-state index is 12.0. The van der Waals surface area contributed by atoms with Crippen LogP contribution in [0, 0.1) is 6.92 Å². The van der Waals surface area contributed by atoms with E-state index >= 15 is 0 Å². The number of aromatic amines is 1. The molecule has 1 aromatic carbocycles. The fraction of sp³-hybridized carbons (Fsp3) is 0.200. The number of H-pyrrole nitrogens is 1. The Morgan fingerprint density at radius 3 is 2.70 bits per heavy atom. The Morgan fingerprint density at radius 2 is 2.10 bits per heavy atom. The van der Waals surface area contributed by atoms with Crippen LogP contribution < -0.4 is 16.5 Å². The monoisotopic (exact) mass is 271 g/mol. The summed E-state index contributed by atoms with van der Waals surface area (Å²) in [5, 5.41) is 2.67. The zero-order valence-corrected chi connectivity index (χ0v) is 11.5. The van der Waals surface area contributed by atoms with E-state index in [2.05, 4.69) is 10.3 Å². The van der Waals surface area contributed by atoms with Crippen LogP contribution in [-0.4, -0.2) is 10.9 Å². The van der Waals surface area contributed by atoms with Crippen molar-refractivity contribution < 1.29 is 4.79 Å². The van der Waals surface area contributed by atoms with E-state index in [4.69, 9.17) is 5.73 Å². The van der Waals surface area contributed by atoms with Gasteiger partial charge in [-0.3, -0.25) is 9.59 Å². The van der Waals surface area contributed by atoms with Gasteiger partial charge in [0, 0.05) is 29.3 Å². The molecule has 0 aliphatic carbocycles. The fourth-order valence-electron chi connectivity index (χ4n) is 1.94. The largest absolute Gasteiger partial charge is 0.398 e. The number of hydrogen-bond acceptors (Lipinski definition) is 3. The number of carbonyl (C=O) groups is 1. The minimum absolute atomic E-state index is 0.0775. The number of anilines is 2. The first-order chi connectivity index (χ1) is 9.51. The molecule has 0 unspecified atom stereocenters. The lowest BCUT2D eigenvalue weighted by Crippen LogP contribution is -2.21. The summed E-state index contributed by atoms with van der Waals surface area (Å²) < 4.78 is 0. The Kier molecular flexibility index (Phi) is 3.89. The Morgan fingerprint density at radius 1 is 1.35 bits per heavy atom. The molecule has 0 bridgehead atoms. The molecule has 2 rings (SSSR count). The topological polar surface area (TPSA) is 88.0 Å². The van der Waals surface area contributed by atoms with Crippen LogP contribution in [0.15, 0.2) is 35.3 Å². The predicted octanol–water partition coefficient (Wildman–Crippen LogP) is 2.08. The maximum atomic E-state index is 12.0. The number of nitrogens with one attached hydrogen (secondary N) is 2.